The van der Waals surface area contributed by atoms with Crippen LogP contribution in [0.4, 0.5) is 10.1 Å². The molecule has 0 bridgehead atoms. The van der Waals surface area contributed by atoms with Crippen LogP contribution >= 0.6 is 11.8 Å². The van der Waals surface area contributed by atoms with Gasteiger partial charge in [-0.2, -0.15) is 10.1 Å². The van der Waals surface area contributed by atoms with Gasteiger partial charge in [0.25, 0.3) is 5.91 Å². The fraction of sp³-hybridized carbons (Fsp3) is 0.185. The van der Waals surface area contributed by atoms with Crippen molar-refractivity contribution in [2.45, 2.75) is 24.1 Å². The number of nitrogens with zero attached hydrogens (tertiary/aromatic N) is 3. The molecule has 9 heteroatoms. The molecule has 5 rings (SSSR count). The highest BCUT2D eigenvalue weighted by atomic mass is 32.2. The molecule has 1 N–H and O–H groups in total. The quantitative estimate of drug-likeness (QED) is 0.512. The first-order valence-electron chi connectivity index (χ1n) is 11.4. The molecule has 36 heavy (non-hydrogen) atoms. The van der Waals surface area contributed by atoms with Crippen LogP contribution in [-0.2, 0) is 9.59 Å². The molecule has 3 aromatic rings. The van der Waals surface area contributed by atoms with E-state index in [0.717, 1.165) is 22.6 Å². The fourth-order valence-corrected chi connectivity index (χ4v) is 5.19. The number of carbonyl (C=O) groups is 2. The highest BCUT2D eigenvalue weighted by Crippen LogP contribution is 2.38. The zero-order valence-corrected chi connectivity index (χ0v) is 20.2. The molecule has 0 radical (unpaired) electrons. The van der Waals surface area contributed by atoms with E-state index in [1.807, 2.05) is 54.6 Å². The maximum absolute atomic E-state index is 13.4. The van der Waals surface area contributed by atoms with Crippen LogP contribution in [0.5, 0.6) is 5.75 Å². The van der Waals surface area contributed by atoms with E-state index in [1.165, 1.54) is 30.0 Å². The standard InChI is InChI=1S/C27H23FN4O3S/c1-35-21-12-10-17(11-13-21)22-15-23(18-6-3-2-4-7-18)32(31-22)27-30-26(34)24(36-27)16-25(33)29-20-9-5-8-19(28)14-20/h2-14,23-24H,15-16H2,1H3,(H,29,33)/t23-,24-/m1/s1. The lowest BCUT2D eigenvalue weighted by molar-refractivity contribution is -0.121. The summed E-state index contributed by atoms with van der Waals surface area (Å²) in [5, 5.41) is 9.05. The highest BCUT2D eigenvalue weighted by molar-refractivity contribution is 8.15. The average Bonchev–Trinajstić information content (AvgIpc) is 3.48. The molecular formula is C27H23FN4O3S. The van der Waals surface area contributed by atoms with Crippen LogP contribution in [0.1, 0.15) is 30.0 Å². The fourth-order valence-electron chi connectivity index (χ4n) is 4.13. The molecule has 0 aliphatic carbocycles. The number of halogens is 1. The van der Waals surface area contributed by atoms with Gasteiger partial charge in [-0.1, -0.05) is 48.2 Å². The number of hydrogen-bond acceptors (Lipinski definition) is 6. The van der Waals surface area contributed by atoms with E-state index >= 15 is 0 Å². The molecule has 7 nitrogen and oxygen atoms in total. The van der Waals surface area contributed by atoms with Crippen LogP contribution in [0.3, 0.4) is 0 Å². The minimum Gasteiger partial charge on any atom is -0.497 e. The van der Waals surface area contributed by atoms with Gasteiger partial charge >= 0.3 is 0 Å². The van der Waals surface area contributed by atoms with Gasteiger partial charge in [-0.3, -0.25) is 9.59 Å². The molecule has 182 valence electrons. The summed E-state index contributed by atoms with van der Waals surface area (Å²) in [6, 6.07) is 23.1. The lowest BCUT2D eigenvalue weighted by Gasteiger charge is -2.23. The Morgan fingerprint density at radius 3 is 2.61 bits per heavy atom. The number of rotatable bonds is 6. The summed E-state index contributed by atoms with van der Waals surface area (Å²) in [5.41, 5.74) is 3.22. The zero-order chi connectivity index (χ0) is 25.1. The van der Waals surface area contributed by atoms with E-state index in [2.05, 4.69) is 10.3 Å². The SMILES string of the molecule is COc1ccc(C2=NN(C3=NC(=O)[C@@H](CC(=O)Nc4cccc(F)c4)S3)[C@@H](c3ccccc3)C2)cc1. The summed E-state index contributed by atoms with van der Waals surface area (Å²) in [6.07, 6.45) is 0.556. The molecule has 2 heterocycles. The summed E-state index contributed by atoms with van der Waals surface area (Å²) < 4.78 is 18.7. The number of methoxy groups -OCH3 is 1. The van der Waals surface area contributed by atoms with E-state index in [4.69, 9.17) is 9.84 Å². The van der Waals surface area contributed by atoms with Crippen LogP contribution < -0.4 is 10.1 Å². The average molecular weight is 503 g/mol. The number of carbonyl (C=O) groups excluding carboxylic acids is 2. The van der Waals surface area contributed by atoms with Gasteiger partial charge in [0.2, 0.25) is 5.91 Å². The summed E-state index contributed by atoms with van der Waals surface area (Å²) in [6.45, 7) is 0. The molecule has 3 aromatic carbocycles. The molecule has 0 spiro atoms. The van der Waals surface area contributed by atoms with Crippen molar-refractivity contribution in [3.63, 3.8) is 0 Å². The maximum atomic E-state index is 13.4. The first-order chi connectivity index (χ1) is 17.5. The Morgan fingerprint density at radius 1 is 1.11 bits per heavy atom. The van der Waals surface area contributed by atoms with Gasteiger partial charge in [-0.15, -0.1) is 0 Å². The number of benzene rings is 3. The molecule has 2 amide bonds. The van der Waals surface area contributed by atoms with E-state index in [0.29, 0.717) is 17.3 Å². The third-order valence-electron chi connectivity index (χ3n) is 5.92. The number of nitrogens with one attached hydrogen (secondary N) is 1. The third-order valence-corrected chi connectivity index (χ3v) is 7.06. The molecule has 0 saturated carbocycles. The monoisotopic (exact) mass is 502 g/mol. The van der Waals surface area contributed by atoms with E-state index in [1.54, 1.807) is 18.2 Å². The van der Waals surface area contributed by atoms with Crippen LogP contribution in [-0.4, -0.2) is 40.1 Å². The van der Waals surface area contributed by atoms with Crippen molar-refractivity contribution in [2.75, 3.05) is 12.4 Å². The Balaban J connectivity index is 1.34. The summed E-state index contributed by atoms with van der Waals surface area (Å²) >= 11 is 1.22. The molecule has 0 aromatic heterocycles. The second kappa shape index (κ2) is 10.3. The molecule has 2 atom stereocenters. The molecule has 0 unspecified atom stereocenters. The first-order valence-corrected chi connectivity index (χ1v) is 12.3. The summed E-state index contributed by atoms with van der Waals surface area (Å²) in [7, 11) is 1.62. The first kappa shape index (κ1) is 23.7. The number of amides is 2. The minimum absolute atomic E-state index is 0.0775. The van der Waals surface area contributed by atoms with E-state index in [9.17, 15) is 14.0 Å². The predicted molar refractivity (Wildman–Crippen MR) is 139 cm³/mol. The maximum Gasteiger partial charge on any atom is 0.262 e. The van der Waals surface area contributed by atoms with Crippen molar-refractivity contribution < 1.29 is 18.7 Å². The number of anilines is 1. The molecule has 0 saturated heterocycles. The van der Waals surface area contributed by atoms with Gasteiger partial charge in [0, 0.05) is 18.5 Å². The van der Waals surface area contributed by atoms with Gasteiger partial charge in [0.1, 0.15) is 16.8 Å². The number of thioether (sulfide) groups is 1. The lowest BCUT2D eigenvalue weighted by Crippen LogP contribution is -2.25. The van der Waals surface area contributed by atoms with Gasteiger partial charge in [-0.25, -0.2) is 9.40 Å². The van der Waals surface area contributed by atoms with Gasteiger partial charge in [0.05, 0.1) is 18.9 Å². The van der Waals surface area contributed by atoms with Crippen molar-refractivity contribution in [3.8, 4) is 5.75 Å². The Kier molecular flexibility index (Phi) is 6.81. The molecule has 2 aliphatic heterocycles. The minimum atomic E-state index is -0.676. The van der Waals surface area contributed by atoms with E-state index < -0.39 is 11.1 Å². The van der Waals surface area contributed by atoms with Crippen LogP contribution in [0.15, 0.2) is 89.0 Å². The molecular weight excluding hydrogens is 479 g/mol. The number of amidine groups is 1. The molecule has 2 aliphatic rings. The molecule has 0 fully saturated rings. The van der Waals surface area contributed by atoms with Crippen molar-refractivity contribution in [1.29, 1.82) is 0 Å². The Labute approximate surface area is 212 Å². The predicted octanol–water partition coefficient (Wildman–Crippen LogP) is 5.01. The Hall–Kier alpha value is -3.98. The summed E-state index contributed by atoms with van der Waals surface area (Å²) in [4.78, 5) is 29.5. The van der Waals surface area contributed by atoms with Crippen LogP contribution in [0.25, 0.3) is 0 Å². The third kappa shape index (κ3) is 5.16. The largest absolute Gasteiger partial charge is 0.497 e. The van der Waals surface area contributed by atoms with Crippen molar-refractivity contribution in [3.05, 3.63) is 95.8 Å². The van der Waals surface area contributed by atoms with Crippen LogP contribution in [0, 0.1) is 5.82 Å². The number of hydrazone groups is 1. The Morgan fingerprint density at radius 2 is 1.89 bits per heavy atom. The number of aliphatic imine (C=N–C) groups is 1. The topological polar surface area (TPSA) is 83.4 Å². The smallest absolute Gasteiger partial charge is 0.262 e. The van der Waals surface area contributed by atoms with Crippen molar-refractivity contribution in [2.24, 2.45) is 10.1 Å². The lowest BCUT2D eigenvalue weighted by atomic mass is 9.98. The van der Waals surface area contributed by atoms with Gasteiger partial charge in [-0.05, 0) is 53.6 Å². The van der Waals surface area contributed by atoms with Crippen molar-refractivity contribution in [1.82, 2.24) is 5.01 Å². The summed E-state index contributed by atoms with van der Waals surface area (Å²) in [5.74, 6) is -0.457. The van der Waals surface area contributed by atoms with E-state index in [-0.39, 0.29) is 24.3 Å². The number of ether oxygens (including phenoxy) is 1. The zero-order valence-electron chi connectivity index (χ0n) is 19.4. The van der Waals surface area contributed by atoms with Crippen molar-refractivity contribution >= 4 is 40.1 Å². The van der Waals surface area contributed by atoms with Crippen LogP contribution in [0.2, 0.25) is 0 Å². The highest BCUT2D eigenvalue weighted by Gasteiger charge is 2.39. The number of hydrogen-bond donors (Lipinski definition) is 1. The van der Waals surface area contributed by atoms with Gasteiger partial charge < -0.3 is 10.1 Å². The normalized spacial score (nSPS) is 19.2. The second-order valence-corrected chi connectivity index (χ2v) is 9.52. The second-order valence-electron chi connectivity index (χ2n) is 8.35. The van der Waals surface area contributed by atoms with Gasteiger partial charge in [0.15, 0.2) is 5.17 Å². The Bertz CT molecular complexity index is 1340.